The second-order valence-electron chi connectivity index (χ2n) is 7.61. The van der Waals surface area contributed by atoms with Gasteiger partial charge in [-0.1, -0.05) is 0 Å². The van der Waals surface area contributed by atoms with Gasteiger partial charge < -0.3 is 24.1 Å². The predicted molar refractivity (Wildman–Crippen MR) is 103 cm³/mol. The second kappa shape index (κ2) is 7.17. The van der Waals surface area contributed by atoms with Crippen LogP contribution in [0.3, 0.4) is 0 Å². The zero-order valence-corrected chi connectivity index (χ0v) is 16.3. The van der Waals surface area contributed by atoms with Crippen LogP contribution in [0.4, 0.5) is 0 Å². The summed E-state index contributed by atoms with van der Waals surface area (Å²) in [4.78, 5) is 18.4. The Morgan fingerprint density at radius 2 is 2.07 bits per heavy atom. The van der Waals surface area contributed by atoms with Gasteiger partial charge in [0, 0.05) is 37.7 Å². The van der Waals surface area contributed by atoms with Gasteiger partial charge in [0.2, 0.25) is 0 Å². The number of nitrogens with one attached hydrogen (secondary N) is 1. The molecule has 0 radical (unpaired) electrons. The number of methoxy groups -OCH3 is 2. The number of aromatic nitrogens is 1. The maximum Gasteiger partial charge on any atom is 0.270 e. The number of fused-ring (bicyclic) bond motifs is 1. The molecular weight excluding hydrogens is 344 g/mol. The lowest BCUT2D eigenvalue weighted by molar-refractivity contribution is -0.183. The number of aromatic amines is 1. The lowest BCUT2D eigenvalue weighted by Crippen LogP contribution is -2.56. The minimum atomic E-state index is -0.230. The van der Waals surface area contributed by atoms with E-state index in [1.165, 1.54) is 0 Å². The van der Waals surface area contributed by atoms with E-state index in [2.05, 4.69) is 4.98 Å². The van der Waals surface area contributed by atoms with E-state index in [9.17, 15) is 4.79 Å². The van der Waals surface area contributed by atoms with Crippen molar-refractivity contribution in [2.24, 2.45) is 0 Å². The molecule has 1 unspecified atom stereocenters. The van der Waals surface area contributed by atoms with Crippen molar-refractivity contribution in [2.75, 3.05) is 33.9 Å². The number of ether oxygens (including phenoxy) is 3. The smallest absolute Gasteiger partial charge is 0.270 e. The molecule has 2 saturated heterocycles. The average molecular weight is 372 g/mol. The summed E-state index contributed by atoms with van der Waals surface area (Å²) in [6.07, 6.45) is 3.86. The van der Waals surface area contributed by atoms with Crippen LogP contribution < -0.4 is 4.74 Å². The zero-order chi connectivity index (χ0) is 19.0. The molecular formula is C21H28N2O4. The minimum absolute atomic E-state index is 0.0577. The molecule has 2 fully saturated rings. The Morgan fingerprint density at radius 3 is 2.78 bits per heavy atom. The van der Waals surface area contributed by atoms with Crippen LogP contribution in [-0.2, 0) is 9.47 Å². The molecule has 146 valence electrons. The summed E-state index contributed by atoms with van der Waals surface area (Å²) in [5.74, 6) is 0.853. The van der Waals surface area contributed by atoms with Crippen molar-refractivity contribution < 1.29 is 19.0 Å². The quantitative estimate of drug-likeness (QED) is 0.898. The zero-order valence-electron chi connectivity index (χ0n) is 16.3. The van der Waals surface area contributed by atoms with Gasteiger partial charge in [-0.15, -0.1) is 0 Å². The van der Waals surface area contributed by atoms with Gasteiger partial charge in [-0.2, -0.15) is 0 Å². The van der Waals surface area contributed by atoms with Gasteiger partial charge in [-0.3, -0.25) is 4.79 Å². The molecule has 0 bridgehead atoms. The third-order valence-corrected chi connectivity index (χ3v) is 6.25. The number of nitrogens with zero attached hydrogens (tertiary/aromatic N) is 1. The van der Waals surface area contributed by atoms with Gasteiger partial charge in [-0.05, 0) is 56.4 Å². The summed E-state index contributed by atoms with van der Waals surface area (Å²) in [5.41, 5.74) is 2.37. The van der Waals surface area contributed by atoms with Gasteiger partial charge in [0.05, 0.1) is 18.8 Å². The van der Waals surface area contributed by atoms with Crippen LogP contribution in [0.1, 0.15) is 41.7 Å². The highest BCUT2D eigenvalue weighted by Gasteiger charge is 2.45. The second-order valence-corrected chi connectivity index (χ2v) is 7.61. The minimum Gasteiger partial charge on any atom is -0.497 e. The molecule has 2 aliphatic rings. The van der Waals surface area contributed by atoms with Crippen molar-refractivity contribution in [1.29, 1.82) is 0 Å². The van der Waals surface area contributed by atoms with E-state index in [-0.39, 0.29) is 17.6 Å². The highest BCUT2D eigenvalue weighted by Crippen LogP contribution is 2.37. The number of hydrogen-bond acceptors (Lipinski definition) is 4. The van der Waals surface area contributed by atoms with E-state index in [0.717, 1.165) is 54.5 Å². The van der Waals surface area contributed by atoms with Crippen molar-refractivity contribution in [3.8, 4) is 5.75 Å². The number of amides is 1. The third kappa shape index (κ3) is 3.11. The fourth-order valence-corrected chi connectivity index (χ4v) is 4.59. The molecule has 6 nitrogen and oxygen atoms in total. The van der Waals surface area contributed by atoms with E-state index in [4.69, 9.17) is 14.2 Å². The number of H-pyrrole nitrogens is 1. The molecule has 6 heteroatoms. The van der Waals surface area contributed by atoms with Gasteiger partial charge in [0.1, 0.15) is 11.4 Å². The fraction of sp³-hybridized carbons (Fsp3) is 0.571. The summed E-state index contributed by atoms with van der Waals surface area (Å²) in [6.45, 7) is 4.16. The topological polar surface area (TPSA) is 63.8 Å². The molecule has 1 N–H and O–H groups in total. The van der Waals surface area contributed by atoms with Crippen LogP contribution in [0, 0.1) is 6.92 Å². The van der Waals surface area contributed by atoms with Crippen LogP contribution >= 0.6 is 0 Å². The summed E-state index contributed by atoms with van der Waals surface area (Å²) >= 11 is 0. The standard InChI is InChI=1S/C21H28N2O4/c1-14-16-13-15(25-2)6-7-17(16)22-19(14)20(24)23-10-8-21(9-11-23)18(26-3)5-4-12-27-21/h6-7,13,18,22H,4-5,8-12H2,1-3H3. The van der Waals surface area contributed by atoms with Gasteiger partial charge >= 0.3 is 0 Å². The molecule has 4 rings (SSSR count). The first-order valence-electron chi connectivity index (χ1n) is 9.70. The number of carbonyl (C=O) groups is 1. The average Bonchev–Trinajstić information content (AvgIpc) is 3.04. The van der Waals surface area contributed by atoms with E-state index >= 15 is 0 Å². The van der Waals surface area contributed by atoms with E-state index in [0.29, 0.717) is 18.8 Å². The molecule has 1 aromatic carbocycles. The van der Waals surface area contributed by atoms with Crippen molar-refractivity contribution >= 4 is 16.8 Å². The first-order chi connectivity index (χ1) is 13.1. The van der Waals surface area contributed by atoms with Crippen molar-refractivity contribution in [3.05, 3.63) is 29.5 Å². The summed E-state index contributed by atoms with van der Waals surface area (Å²) in [5, 5.41) is 1.03. The normalized spacial score (nSPS) is 22.3. The van der Waals surface area contributed by atoms with Crippen molar-refractivity contribution in [1.82, 2.24) is 9.88 Å². The first-order valence-corrected chi connectivity index (χ1v) is 9.70. The predicted octanol–water partition coefficient (Wildman–Crippen LogP) is 3.29. The molecule has 3 heterocycles. The van der Waals surface area contributed by atoms with E-state index in [1.807, 2.05) is 30.0 Å². The highest BCUT2D eigenvalue weighted by molar-refractivity contribution is 6.01. The largest absolute Gasteiger partial charge is 0.497 e. The molecule has 1 aromatic heterocycles. The molecule has 0 aliphatic carbocycles. The maximum atomic E-state index is 13.2. The number of hydrogen-bond donors (Lipinski definition) is 1. The van der Waals surface area contributed by atoms with Crippen molar-refractivity contribution in [2.45, 2.75) is 44.3 Å². The van der Waals surface area contributed by atoms with Crippen LogP contribution in [0.2, 0.25) is 0 Å². The fourth-order valence-electron chi connectivity index (χ4n) is 4.59. The van der Waals surface area contributed by atoms with Crippen LogP contribution in [0.5, 0.6) is 5.75 Å². The molecule has 27 heavy (non-hydrogen) atoms. The first kappa shape index (κ1) is 18.3. The van der Waals surface area contributed by atoms with Gasteiger partial charge in [-0.25, -0.2) is 0 Å². The Morgan fingerprint density at radius 1 is 1.30 bits per heavy atom. The number of piperidine rings is 1. The number of benzene rings is 1. The Labute approximate surface area is 159 Å². The molecule has 2 aromatic rings. The number of likely N-dealkylation sites (tertiary alicyclic amines) is 1. The Hall–Kier alpha value is -2.05. The number of carbonyl (C=O) groups excluding carboxylic acids is 1. The van der Waals surface area contributed by atoms with Crippen molar-refractivity contribution in [3.63, 3.8) is 0 Å². The Balaban J connectivity index is 1.53. The number of rotatable bonds is 3. The van der Waals surface area contributed by atoms with Crippen LogP contribution in [0.25, 0.3) is 10.9 Å². The lowest BCUT2D eigenvalue weighted by atomic mass is 9.81. The molecule has 1 spiro atoms. The number of aryl methyl sites for hydroxylation is 1. The molecule has 1 amide bonds. The monoisotopic (exact) mass is 372 g/mol. The molecule has 2 aliphatic heterocycles. The van der Waals surface area contributed by atoms with Crippen LogP contribution in [0.15, 0.2) is 18.2 Å². The van der Waals surface area contributed by atoms with E-state index < -0.39 is 0 Å². The Kier molecular flexibility index (Phi) is 4.86. The summed E-state index contributed by atoms with van der Waals surface area (Å²) in [6, 6.07) is 5.84. The summed E-state index contributed by atoms with van der Waals surface area (Å²) in [7, 11) is 3.42. The van der Waals surface area contributed by atoms with E-state index in [1.54, 1.807) is 14.2 Å². The highest BCUT2D eigenvalue weighted by atomic mass is 16.5. The molecule has 1 atom stereocenters. The van der Waals surface area contributed by atoms with Crippen LogP contribution in [-0.4, -0.2) is 61.4 Å². The molecule has 0 saturated carbocycles. The maximum absolute atomic E-state index is 13.2. The third-order valence-electron chi connectivity index (χ3n) is 6.25. The Bertz CT molecular complexity index is 836. The van der Waals surface area contributed by atoms with Gasteiger partial charge in [0.25, 0.3) is 5.91 Å². The summed E-state index contributed by atoms with van der Waals surface area (Å²) < 4.78 is 17.2. The van der Waals surface area contributed by atoms with Gasteiger partial charge in [0.15, 0.2) is 0 Å². The lowest BCUT2D eigenvalue weighted by Gasteiger charge is -2.47. The SMILES string of the molecule is COc1ccc2[nH]c(C(=O)N3CCC4(CC3)OCCCC4OC)c(C)c2c1.